The molecule has 3 aromatic rings. The largest absolute Gasteiger partial charge is 0.493 e. The monoisotopic (exact) mass is 486 g/mol. The fraction of sp³-hybridized carbons (Fsp3) is 0.391. The molecule has 2 aromatic carbocycles. The normalized spacial score (nSPS) is 20.7. The lowest BCUT2D eigenvalue weighted by Gasteiger charge is -2.41. The Morgan fingerprint density at radius 2 is 2.12 bits per heavy atom. The highest BCUT2D eigenvalue weighted by atomic mass is 35.5. The Morgan fingerprint density at radius 3 is 2.97 bits per heavy atom. The summed E-state index contributed by atoms with van der Waals surface area (Å²) >= 11 is 6.18. The number of hydrogen-bond donors (Lipinski definition) is 1. The van der Waals surface area contributed by atoms with Crippen LogP contribution in [0.3, 0.4) is 0 Å². The van der Waals surface area contributed by atoms with Crippen molar-refractivity contribution in [2.45, 2.75) is 12.1 Å². The molecule has 2 atom stereocenters. The van der Waals surface area contributed by atoms with Crippen molar-refractivity contribution in [3.63, 3.8) is 0 Å². The van der Waals surface area contributed by atoms with Gasteiger partial charge in [0.1, 0.15) is 38.5 Å². The zero-order chi connectivity index (χ0) is 23.7. The van der Waals surface area contributed by atoms with Gasteiger partial charge in [0.2, 0.25) is 0 Å². The fourth-order valence-electron chi connectivity index (χ4n) is 4.23. The van der Waals surface area contributed by atoms with Crippen LogP contribution in [-0.2, 0) is 9.47 Å². The van der Waals surface area contributed by atoms with Gasteiger partial charge in [0.05, 0.1) is 44.2 Å². The van der Waals surface area contributed by atoms with Crippen LogP contribution in [0.5, 0.6) is 11.5 Å². The molecule has 0 bridgehead atoms. The van der Waals surface area contributed by atoms with Crippen molar-refractivity contribution in [3.05, 3.63) is 41.4 Å². The second-order valence-corrected chi connectivity index (χ2v) is 8.85. The van der Waals surface area contributed by atoms with Crippen LogP contribution in [0.4, 0.5) is 15.9 Å². The number of aromatic nitrogens is 2. The molecule has 0 amide bonds. The topological polar surface area (TPSA) is 78.0 Å². The number of halogens is 2. The van der Waals surface area contributed by atoms with E-state index in [0.717, 1.165) is 19.7 Å². The van der Waals surface area contributed by atoms with Gasteiger partial charge < -0.3 is 24.3 Å². The number of fused-ring (bicyclic) bond motifs is 2. The van der Waals surface area contributed by atoms with Crippen molar-refractivity contribution in [1.82, 2.24) is 14.9 Å². The fourth-order valence-corrected chi connectivity index (χ4v) is 4.40. The Morgan fingerprint density at radius 1 is 1.24 bits per heavy atom. The Hall–Kier alpha value is -2.66. The van der Waals surface area contributed by atoms with E-state index in [2.05, 4.69) is 20.2 Å². The lowest BCUT2D eigenvalue weighted by molar-refractivity contribution is -0.124. The van der Waals surface area contributed by atoms with Crippen molar-refractivity contribution >= 4 is 47.3 Å². The number of ether oxygens (including phenoxy) is 4. The molecule has 0 saturated carbocycles. The molecule has 8 nitrogen and oxygen atoms in total. The number of morpholine rings is 2. The van der Waals surface area contributed by atoms with E-state index in [9.17, 15) is 4.39 Å². The van der Waals surface area contributed by atoms with Crippen LogP contribution in [0.25, 0.3) is 10.9 Å². The van der Waals surface area contributed by atoms with E-state index in [-0.39, 0.29) is 11.8 Å². The van der Waals surface area contributed by atoms with Crippen LogP contribution < -0.4 is 20.3 Å². The Kier molecular flexibility index (Phi) is 6.74. The molecule has 1 unspecified atom stereocenters. The standard InChI is InChI=1S/C23H25BClFN4O4/c1-31-21-4-15-19(27-12-28-23(15)29-20-6-17(25)16(24)5-18(20)26)7-22(21)34-11-14-8-30-2-3-32-9-13(30)10-33-14/h4-7,12-14H,2-3,8-11,24H2,1H3,(H,27,28,29)/t13?,14-/m1/s1. The van der Waals surface area contributed by atoms with Gasteiger partial charge in [0, 0.05) is 29.6 Å². The van der Waals surface area contributed by atoms with Crippen LogP contribution in [0.2, 0.25) is 5.02 Å². The average molecular weight is 487 g/mol. The summed E-state index contributed by atoms with van der Waals surface area (Å²) in [5.74, 6) is 1.09. The van der Waals surface area contributed by atoms with Gasteiger partial charge in [-0.05, 0) is 18.2 Å². The lowest BCUT2D eigenvalue weighted by atomic mass is 9.96. The zero-order valence-electron chi connectivity index (χ0n) is 19.0. The number of hydrogen-bond acceptors (Lipinski definition) is 8. The quantitative estimate of drug-likeness (QED) is 0.530. The minimum absolute atomic E-state index is 0.0494. The minimum Gasteiger partial charge on any atom is -0.493 e. The summed E-state index contributed by atoms with van der Waals surface area (Å²) in [4.78, 5) is 11.0. The first-order valence-corrected chi connectivity index (χ1v) is 11.5. The molecule has 34 heavy (non-hydrogen) atoms. The third kappa shape index (κ3) is 4.76. The summed E-state index contributed by atoms with van der Waals surface area (Å²) in [6.45, 7) is 4.17. The van der Waals surface area contributed by atoms with Gasteiger partial charge in [-0.2, -0.15) is 0 Å². The summed E-state index contributed by atoms with van der Waals surface area (Å²) in [7, 11) is 3.32. The molecule has 1 N–H and O–H groups in total. The van der Waals surface area contributed by atoms with Crippen LogP contribution in [-0.4, -0.2) is 81.5 Å². The average Bonchev–Trinajstić information content (AvgIpc) is 2.85. The first-order valence-electron chi connectivity index (χ1n) is 11.1. The molecular weight excluding hydrogens is 462 g/mol. The molecule has 0 spiro atoms. The maximum Gasteiger partial charge on any atom is 0.163 e. The highest BCUT2D eigenvalue weighted by Gasteiger charge is 2.31. The first-order chi connectivity index (χ1) is 16.5. The summed E-state index contributed by atoms with van der Waals surface area (Å²) in [5.41, 5.74) is 1.52. The molecule has 3 heterocycles. The third-order valence-corrected chi connectivity index (χ3v) is 6.57. The molecule has 0 radical (unpaired) electrons. The second-order valence-electron chi connectivity index (χ2n) is 8.44. The van der Waals surface area contributed by atoms with Gasteiger partial charge in [-0.25, -0.2) is 14.4 Å². The zero-order valence-corrected chi connectivity index (χ0v) is 19.8. The van der Waals surface area contributed by atoms with Gasteiger partial charge in [-0.3, -0.25) is 4.90 Å². The van der Waals surface area contributed by atoms with E-state index in [1.807, 2.05) is 0 Å². The molecule has 1 aromatic heterocycles. The SMILES string of the molecule is Bc1cc(F)c(Nc2ncnc3cc(OC[C@H]4CN5CCOCC5CO4)c(OC)cc23)cc1Cl. The molecule has 2 fully saturated rings. The first kappa shape index (κ1) is 23.1. The van der Waals surface area contributed by atoms with Gasteiger partial charge in [0.25, 0.3) is 0 Å². The van der Waals surface area contributed by atoms with Gasteiger partial charge in [0.15, 0.2) is 11.5 Å². The van der Waals surface area contributed by atoms with E-state index in [1.54, 1.807) is 27.1 Å². The summed E-state index contributed by atoms with van der Waals surface area (Å²) < 4.78 is 37.6. The molecule has 11 heteroatoms. The van der Waals surface area contributed by atoms with Crippen molar-refractivity contribution in [3.8, 4) is 11.5 Å². The molecular formula is C23H25BClFN4O4. The predicted octanol–water partition coefficient (Wildman–Crippen LogP) is 1.91. The Labute approximate surface area is 202 Å². The van der Waals surface area contributed by atoms with E-state index >= 15 is 0 Å². The Balaban J connectivity index is 1.36. The van der Waals surface area contributed by atoms with Gasteiger partial charge >= 0.3 is 0 Å². The van der Waals surface area contributed by atoms with E-state index in [0.29, 0.717) is 64.6 Å². The van der Waals surface area contributed by atoms with Crippen molar-refractivity contribution in [2.75, 3.05) is 51.9 Å². The number of nitrogens with one attached hydrogen (secondary N) is 1. The highest BCUT2D eigenvalue weighted by molar-refractivity contribution is 6.45. The number of rotatable bonds is 6. The maximum absolute atomic E-state index is 14.5. The van der Waals surface area contributed by atoms with Crippen LogP contribution >= 0.6 is 11.6 Å². The van der Waals surface area contributed by atoms with Crippen molar-refractivity contribution < 1.29 is 23.3 Å². The van der Waals surface area contributed by atoms with Crippen LogP contribution in [0, 0.1) is 5.82 Å². The van der Waals surface area contributed by atoms with E-state index in [4.69, 9.17) is 30.5 Å². The van der Waals surface area contributed by atoms with Gasteiger partial charge in [-0.15, -0.1) is 0 Å². The number of benzene rings is 2. The predicted molar refractivity (Wildman–Crippen MR) is 130 cm³/mol. The summed E-state index contributed by atoms with van der Waals surface area (Å²) in [6, 6.07) is 6.81. The molecule has 5 rings (SSSR count). The Bertz CT molecular complexity index is 1200. The molecule has 2 aliphatic heterocycles. The number of anilines is 2. The van der Waals surface area contributed by atoms with E-state index < -0.39 is 5.82 Å². The lowest BCUT2D eigenvalue weighted by Crippen LogP contribution is -2.56. The summed E-state index contributed by atoms with van der Waals surface area (Å²) in [5, 5.41) is 4.14. The number of methoxy groups -OCH3 is 1. The van der Waals surface area contributed by atoms with E-state index in [1.165, 1.54) is 18.5 Å². The van der Waals surface area contributed by atoms with Crippen molar-refractivity contribution in [2.24, 2.45) is 0 Å². The molecule has 178 valence electrons. The van der Waals surface area contributed by atoms with Crippen molar-refractivity contribution in [1.29, 1.82) is 0 Å². The summed E-state index contributed by atoms with van der Waals surface area (Å²) in [6.07, 6.45) is 1.36. The van der Waals surface area contributed by atoms with Crippen LogP contribution in [0.15, 0.2) is 30.6 Å². The molecule has 2 aliphatic rings. The smallest absolute Gasteiger partial charge is 0.163 e. The highest BCUT2D eigenvalue weighted by Crippen LogP contribution is 2.35. The molecule has 2 saturated heterocycles. The minimum atomic E-state index is -0.421. The number of nitrogens with zero attached hydrogens (tertiary/aromatic N) is 3. The maximum atomic E-state index is 14.5. The van der Waals surface area contributed by atoms with Gasteiger partial charge in [-0.1, -0.05) is 17.1 Å². The molecule has 0 aliphatic carbocycles. The van der Waals surface area contributed by atoms with Crippen LogP contribution in [0.1, 0.15) is 0 Å². The third-order valence-electron chi connectivity index (χ3n) is 6.16. The second kappa shape index (κ2) is 9.91.